The van der Waals surface area contributed by atoms with Gasteiger partial charge in [0.1, 0.15) is 0 Å². The van der Waals surface area contributed by atoms with Crippen LogP contribution in [-0.4, -0.2) is 11.9 Å². The second kappa shape index (κ2) is 5.85. The van der Waals surface area contributed by atoms with Gasteiger partial charge in [-0.15, -0.1) is 11.3 Å². The molecule has 1 fully saturated rings. The van der Waals surface area contributed by atoms with E-state index in [4.69, 9.17) is 5.73 Å². The highest BCUT2D eigenvalue weighted by Gasteiger charge is 2.25. The van der Waals surface area contributed by atoms with Gasteiger partial charge < -0.3 is 11.1 Å². The van der Waals surface area contributed by atoms with Gasteiger partial charge in [0.2, 0.25) is 5.91 Å². The molecule has 0 aromatic carbocycles. The van der Waals surface area contributed by atoms with Crippen LogP contribution >= 0.6 is 11.3 Å². The van der Waals surface area contributed by atoms with Crippen LogP contribution in [0.2, 0.25) is 0 Å². The molecular formula is C14H22N2OS. The largest absolute Gasteiger partial charge is 0.349 e. The number of hydrogen-bond donors (Lipinski definition) is 2. The number of nitrogens with one attached hydrogen (secondary N) is 1. The topological polar surface area (TPSA) is 55.1 Å². The molecule has 1 atom stereocenters. The van der Waals surface area contributed by atoms with Gasteiger partial charge in [0.05, 0.1) is 6.04 Å². The molecule has 1 saturated carbocycles. The fourth-order valence-corrected chi connectivity index (χ4v) is 3.35. The SMILES string of the molecule is Cc1ccc(C(C)NC(=O)C2CCC(N)CC2)s1. The monoisotopic (exact) mass is 266 g/mol. The maximum Gasteiger partial charge on any atom is 0.223 e. The predicted octanol–water partition coefficient (Wildman–Crippen LogP) is 2.75. The van der Waals surface area contributed by atoms with Crippen LogP contribution in [-0.2, 0) is 4.79 Å². The summed E-state index contributed by atoms with van der Waals surface area (Å²) in [5, 5.41) is 3.12. The Labute approximate surface area is 113 Å². The number of amides is 1. The fourth-order valence-electron chi connectivity index (χ4n) is 2.47. The molecule has 1 aliphatic carbocycles. The maximum atomic E-state index is 12.1. The van der Waals surface area contributed by atoms with E-state index in [1.54, 1.807) is 11.3 Å². The Morgan fingerprint density at radius 2 is 2.06 bits per heavy atom. The molecule has 1 heterocycles. The Morgan fingerprint density at radius 1 is 1.39 bits per heavy atom. The predicted molar refractivity (Wildman–Crippen MR) is 75.5 cm³/mol. The number of carbonyl (C=O) groups is 1. The third-order valence-electron chi connectivity index (χ3n) is 3.69. The van der Waals surface area contributed by atoms with Gasteiger partial charge in [0.25, 0.3) is 0 Å². The van der Waals surface area contributed by atoms with Crippen LogP contribution in [0.4, 0.5) is 0 Å². The van der Waals surface area contributed by atoms with E-state index in [1.165, 1.54) is 9.75 Å². The van der Waals surface area contributed by atoms with Crippen LogP contribution in [0.25, 0.3) is 0 Å². The van der Waals surface area contributed by atoms with Crippen molar-refractivity contribution in [1.29, 1.82) is 0 Å². The highest BCUT2D eigenvalue weighted by molar-refractivity contribution is 7.12. The summed E-state index contributed by atoms with van der Waals surface area (Å²) >= 11 is 1.75. The fraction of sp³-hybridized carbons (Fsp3) is 0.643. The van der Waals surface area contributed by atoms with Crippen LogP contribution in [0.1, 0.15) is 48.4 Å². The van der Waals surface area contributed by atoms with E-state index in [2.05, 4.69) is 31.3 Å². The van der Waals surface area contributed by atoms with Crippen LogP contribution in [0.15, 0.2) is 12.1 Å². The molecule has 1 aliphatic rings. The zero-order valence-electron chi connectivity index (χ0n) is 11.1. The Bertz CT molecular complexity index is 408. The van der Waals surface area contributed by atoms with Crippen molar-refractivity contribution in [2.75, 3.05) is 0 Å². The van der Waals surface area contributed by atoms with Crippen LogP contribution in [0.5, 0.6) is 0 Å². The molecule has 4 heteroatoms. The average Bonchev–Trinajstić information content (AvgIpc) is 2.76. The van der Waals surface area contributed by atoms with E-state index in [-0.39, 0.29) is 17.9 Å². The standard InChI is InChI=1S/C14H22N2OS/c1-9-3-8-13(18-9)10(2)16-14(17)11-4-6-12(15)7-5-11/h3,8,10-12H,4-7,15H2,1-2H3,(H,16,17). The molecule has 1 unspecified atom stereocenters. The minimum absolute atomic E-state index is 0.117. The van der Waals surface area contributed by atoms with Crippen molar-refractivity contribution in [3.05, 3.63) is 21.9 Å². The van der Waals surface area contributed by atoms with Crippen LogP contribution < -0.4 is 11.1 Å². The lowest BCUT2D eigenvalue weighted by Crippen LogP contribution is -2.37. The molecule has 0 radical (unpaired) electrons. The summed E-state index contributed by atoms with van der Waals surface area (Å²) in [6, 6.07) is 4.61. The summed E-state index contributed by atoms with van der Waals surface area (Å²) in [5.41, 5.74) is 5.86. The lowest BCUT2D eigenvalue weighted by Gasteiger charge is -2.26. The van der Waals surface area contributed by atoms with Gasteiger partial charge in [-0.2, -0.15) is 0 Å². The van der Waals surface area contributed by atoms with E-state index in [0.717, 1.165) is 25.7 Å². The summed E-state index contributed by atoms with van der Waals surface area (Å²) in [4.78, 5) is 14.7. The van der Waals surface area contributed by atoms with E-state index in [0.29, 0.717) is 6.04 Å². The van der Waals surface area contributed by atoms with Gasteiger partial charge in [-0.25, -0.2) is 0 Å². The van der Waals surface area contributed by atoms with E-state index in [9.17, 15) is 4.79 Å². The van der Waals surface area contributed by atoms with Crippen molar-refractivity contribution in [1.82, 2.24) is 5.32 Å². The summed E-state index contributed by atoms with van der Waals surface area (Å²) < 4.78 is 0. The molecule has 1 amide bonds. The van der Waals surface area contributed by atoms with Gasteiger partial charge in [-0.05, 0) is 51.7 Å². The minimum Gasteiger partial charge on any atom is -0.349 e. The first-order valence-corrected chi connectivity index (χ1v) is 7.50. The third-order valence-corrected chi connectivity index (χ3v) is 4.87. The second-order valence-corrected chi connectivity index (χ2v) is 6.61. The van der Waals surface area contributed by atoms with Crippen LogP contribution in [0, 0.1) is 12.8 Å². The summed E-state index contributed by atoms with van der Waals surface area (Å²) in [5.74, 6) is 0.355. The number of thiophene rings is 1. The van der Waals surface area contributed by atoms with Gasteiger partial charge in [0.15, 0.2) is 0 Å². The van der Waals surface area contributed by atoms with Gasteiger partial charge in [0, 0.05) is 21.7 Å². The Hall–Kier alpha value is -0.870. The van der Waals surface area contributed by atoms with Crippen molar-refractivity contribution >= 4 is 17.2 Å². The maximum absolute atomic E-state index is 12.1. The zero-order chi connectivity index (χ0) is 13.1. The molecule has 0 bridgehead atoms. The molecule has 18 heavy (non-hydrogen) atoms. The molecule has 3 nitrogen and oxygen atoms in total. The molecule has 0 aliphatic heterocycles. The Balaban J connectivity index is 1.87. The Morgan fingerprint density at radius 3 is 2.61 bits per heavy atom. The summed E-state index contributed by atoms with van der Waals surface area (Å²) in [6.07, 6.45) is 3.82. The third kappa shape index (κ3) is 3.33. The van der Waals surface area contributed by atoms with E-state index >= 15 is 0 Å². The molecule has 1 aromatic rings. The lowest BCUT2D eigenvalue weighted by atomic mass is 9.86. The smallest absolute Gasteiger partial charge is 0.223 e. The van der Waals surface area contributed by atoms with Crippen molar-refractivity contribution < 1.29 is 4.79 Å². The van der Waals surface area contributed by atoms with Crippen molar-refractivity contribution in [3.8, 4) is 0 Å². The summed E-state index contributed by atoms with van der Waals surface area (Å²) in [6.45, 7) is 4.14. The normalized spacial score (nSPS) is 25.7. The molecule has 0 spiro atoms. The first-order chi connectivity index (χ1) is 8.56. The van der Waals surface area contributed by atoms with E-state index in [1.807, 2.05) is 0 Å². The highest BCUT2D eigenvalue weighted by atomic mass is 32.1. The lowest BCUT2D eigenvalue weighted by molar-refractivity contribution is -0.126. The number of rotatable bonds is 3. The van der Waals surface area contributed by atoms with E-state index < -0.39 is 0 Å². The van der Waals surface area contributed by atoms with Crippen molar-refractivity contribution in [3.63, 3.8) is 0 Å². The highest BCUT2D eigenvalue weighted by Crippen LogP contribution is 2.26. The number of aryl methyl sites for hydroxylation is 1. The number of hydrogen-bond acceptors (Lipinski definition) is 3. The minimum atomic E-state index is 0.117. The number of carbonyl (C=O) groups excluding carboxylic acids is 1. The molecule has 0 saturated heterocycles. The van der Waals surface area contributed by atoms with Crippen molar-refractivity contribution in [2.45, 2.75) is 51.6 Å². The molecule has 100 valence electrons. The van der Waals surface area contributed by atoms with Gasteiger partial charge >= 0.3 is 0 Å². The molecule has 1 aromatic heterocycles. The Kier molecular flexibility index (Phi) is 4.40. The molecule has 3 N–H and O–H groups in total. The molecule has 2 rings (SSSR count). The second-order valence-electron chi connectivity index (χ2n) is 5.29. The quantitative estimate of drug-likeness (QED) is 0.884. The van der Waals surface area contributed by atoms with Gasteiger partial charge in [-0.1, -0.05) is 0 Å². The van der Waals surface area contributed by atoms with Crippen molar-refractivity contribution in [2.24, 2.45) is 11.7 Å². The number of nitrogens with two attached hydrogens (primary N) is 1. The van der Waals surface area contributed by atoms with Crippen LogP contribution in [0.3, 0.4) is 0 Å². The zero-order valence-corrected chi connectivity index (χ0v) is 11.9. The summed E-state index contributed by atoms with van der Waals surface area (Å²) in [7, 11) is 0. The van der Waals surface area contributed by atoms with Gasteiger partial charge in [-0.3, -0.25) is 4.79 Å². The first kappa shape index (κ1) is 13.6. The molecular weight excluding hydrogens is 244 g/mol. The average molecular weight is 266 g/mol. The first-order valence-electron chi connectivity index (χ1n) is 6.68.